The molecule has 17 heavy (non-hydrogen) atoms. The minimum absolute atomic E-state index is 0.00148. The van der Waals surface area contributed by atoms with E-state index < -0.39 is 11.8 Å². The molecule has 0 bridgehead atoms. The summed E-state index contributed by atoms with van der Waals surface area (Å²) in [5, 5.41) is 2.15. The van der Waals surface area contributed by atoms with E-state index in [0.717, 1.165) is 4.90 Å². The Kier molecular flexibility index (Phi) is 2.73. The predicted molar refractivity (Wildman–Crippen MR) is 56.3 cm³/mol. The van der Waals surface area contributed by atoms with E-state index in [2.05, 4.69) is 5.32 Å². The third-order valence-electron chi connectivity index (χ3n) is 3.41. The minimum atomic E-state index is -0.590. The van der Waals surface area contributed by atoms with Gasteiger partial charge in [-0.25, -0.2) is 0 Å². The maximum atomic E-state index is 11.4. The molecule has 92 valence electrons. The SMILES string of the molecule is C[C@@H](CC1C(=O)NC1=O)CC1C(=O)N(C)C1=O. The highest BCUT2D eigenvalue weighted by Crippen LogP contribution is 2.29. The zero-order valence-electron chi connectivity index (χ0n) is 9.73. The number of imide groups is 2. The smallest absolute Gasteiger partial charge is 0.241 e. The molecule has 0 saturated carbocycles. The zero-order valence-corrected chi connectivity index (χ0v) is 9.73. The first-order valence-corrected chi connectivity index (χ1v) is 5.58. The number of nitrogens with one attached hydrogen (secondary N) is 1. The van der Waals surface area contributed by atoms with Crippen molar-refractivity contribution in [2.75, 3.05) is 7.05 Å². The number of hydrogen-bond acceptors (Lipinski definition) is 4. The first-order chi connectivity index (χ1) is 7.91. The molecule has 0 spiro atoms. The predicted octanol–water partition coefficient (Wildman–Crippen LogP) is -0.710. The summed E-state index contributed by atoms with van der Waals surface area (Å²) >= 11 is 0. The van der Waals surface area contributed by atoms with Crippen LogP contribution in [0.15, 0.2) is 0 Å². The molecule has 0 aromatic heterocycles. The molecule has 1 atom stereocenters. The summed E-state index contributed by atoms with van der Waals surface area (Å²) in [5.74, 6) is -2.03. The van der Waals surface area contributed by atoms with Crippen LogP contribution in [0.25, 0.3) is 0 Å². The van der Waals surface area contributed by atoms with Gasteiger partial charge in [-0.3, -0.25) is 29.4 Å². The van der Waals surface area contributed by atoms with E-state index in [9.17, 15) is 19.2 Å². The summed E-state index contributed by atoms with van der Waals surface area (Å²) in [5.41, 5.74) is 0. The Morgan fingerprint density at radius 1 is 1.06 bits per heavy atom. The van der Waals surface area contributed by atoms with Crippen molar-refractivity contribution in [3.05, 3.63) is 0 Å². The molecule has 2 fully saturated rings. The molecule has 0 aliphatic carbocycles. The number of β-lactam (4-membered cyclic amide) rings is 4. The summed E-state index contributed by atoms with van der Waals surface area (Å²) in [6.07, 6.45) is 0.824. The lowest BCUT2D eigenvalue weighted by atomic mass is 9.82. The van der Waals surface area contributed by atoms with Crippen LogP contribution < -0.4 is 5.32 Å². The average molecular weight is 238 g/mol. The van der Waals surface area contributed by atoms with Crippen LogP contribution in [-0.4, -0.2) is 35.6 Å². The lowest BCUT2D eigenvalue weighted by Gasteiger charge is -2.35. The Morgan fingerprint density at radius 3 is 2.00 bits per heavy atom. The van der Waals surface area contributed by atoms with Crippen LogP contribution in [0, 0.1) is 17.8 Å². The van der Waals surface area contributed by atoms with Crippen LogP contribution in [0.1, 0.15) is 19.8 Å². The number of nitrogens with zero attached hydrogens (tertiary/aromatic N) is 1. The summed E-state index contributed by atoms with van der Waals surface area (Å²) < 4.78 is 0. The molecular weight excluding hydrogens is 224 g/mol. The Labute approximate surface area is 98.3 Å². The first-order valence-electron chi connectivity index (χ1n) is 5.58. The third kappa shape index (κ3) is 1.83. The molecule has 6 heteroatoms. The van der Waals surface area contributed by atoms with Crippen molar-refractivity contribution in [3.63, 3.8) is 0 Å². The lowest BCUT2D eigenvalue weighted by molar-refractivity contribution is -0.164. The van der Waals surface area contributed by atoms with Gasteiger partial charge in [-0.2, -0.15) is 0 Å². The maximum absolute atomic E-state index is 11.4. The average Bonchev–Trinajstić information content (AvgIpc) is 2.32. The summed E-state index contributed by atoms with van der Waals surface area (Å²) in [7, 11) is 1.45. The van der Waals surface area contributed by atoms with Gasteiger partial charge in [0.1, 0.15) is 11.8 Å². The van der Waals surface area contributed by atoms with E-state index in [4.69, 9.17) is 0 Å². The van der Waals surface area contributed by atoms with Gasteiger partial charge < -0.3 is 0 Å². The highest BCUT2D eigenvalue weighted by molar-refractivity contribution is 6.18. The fraction of sp³-hybridized carbons (Fsp3) is 0.636. The van der Waals surface area contributed by atoms with E-state index >= 15 is 0 Å². The highest BCUT2D eigenvalue weighted by atomic mass is 16.2. The maximum Gasteiger partial charge on any atom is 0.241 e. The number of hydrogen-bond donors (Lipinski definition) is 1. The van der Waals surface area contributed by atoms with Crippen LogP contribution >= 0.6 is 0 Å². The first kappa shape index (κ1) is 11.8. The van der Waals surface area contributed by atoms with Crippen molar-refractivity contribution >= 4 is 23.6 Å². The van der Waals surface area contributed by atoms with Crippen LogP contribution in [0.2, 0.25) is 0 Å². The van der Waals surface area contributed by atoms with Crippen molar-refractivity contribution in [3.8, 4) is 0 Å². The number of carbonyl (C=O) groups excluding carboxylic acids is 4. The van der Waals surface area contributed by atoms with Crippen molar-refractivity contribution in [2.45, 2.75) is 19.8 Å². The normalized spacial score (nSPS) is 23.3. The Morgan fingerprint density at radius 2 is 1.53 bits per heavy atom. The standard InChI is InChI=1S/C11H14N2O4/c1-5(3-6-8(14)12-9(6)15)4-7-10(16)13(2)11(7)17/h5-7H,3-4H2,1-2H3,(H,12,14,15)/t5-/m0/s1. The second-order valence-corrected chi connectivity index (χ2v) is 4.77. The summed E-state index contributed by atoms with van der Waals surface area (Å²) in [6.45, 7) is 1.84. The van der Waals surface area contributed by atoms with Crippen molar-refractivity contribution in [1.29, 1.82) is 0 Å². The molecule has 4 amide bonds. The molecule has 6 nitrogen and oxygen atoms in total. The molecule has 2 saturated heterocycles. The second-order valence-electron chi connectivity index (χ2n) is 4.77. The zero-order chi connectivity index (χ0) is 12.7. The highest BCUT2D eigenvalue weighted by Gasteiger charge is 2.45. The molecule has 0 aromatic carbocycles. The van der Waals surface area contributed by atoms with Crippen LogP contribution in [0.5, 0.6) is 0 Å². The minimum Gasteiger partial charge on any atom is -0.295 e. The fourth-order valence-corrected chi connectivity index (χ4v) is 2.27. The Balaban J connectivity index is 1.84. The quantitative estimate of drug-likeness (QED) is 0.518. The van der Waals surface area contributed by atoms with Crippen molar-refractivity contribution in [2.24, 2.45) is 17.8 Å². The summed E-state index contributed by atoms with van der Waals surface area (Å²) in [4.78, 5) is 45.9. The largest absolute Gasteiger partial charge is 0.295 e. The molecule has 0 aromatic rings. The van der Waals surface area contributed by atoms with Crippen LogP contribution in [-0.2, 0) is 19.2 Å². The van der Waals surface area contributed by atoms with Crippen LogP contribution in [0.4, 0.5) is 0 Å². The molecule has 2 aliphatic rings. The monoisotopic (exact) mass is 238 g/mol. The van der Waals surface area contributed by atoms with Gasteiger partial charge >= 0.3 is 0 Å². The number of likely N-dealkylation sites (tertiary alicyclic amines) is 1. The van der Waals surface area contributed by atoms with Gasteiger partial charge in [0.25, 0.3) is 0 Å². The van der Waals surface area contributed by atoms with Gasteiger partial charge in [0.15, 0.2) is 0 Å². The number of amides is 4. The topological polar surface area (TPSA) is 83.6 Å². The lowest BCUT2D eigenvalue weighted by Crippen LogP contribution is -2.57. The van der Waals surface area contributed by atoms with Gasteiger partial charge in [0.05, 0.1) is 0 Å². The van der Waals surface area contributed by atoms with Gasteiger partial charge in [-0.15, -0.1) is 0 Å². The third-order valence-corrected chi connectivity index (χ3v) is 3.41. The van der Waals surface area contributed by atoms with E-state index in [1.165, 1.54) is 7.05 Å². The van der Waals surface area contributed by atoms with Gasteiger partial charge in [0, 0.05) is 7.05 Å². The Bertz CT molecular complexity index is 388. The fourth-order valence-electron chi connectivity index (χ4n) is 2.27. The van der Waals surface area contributed by atoms with Gasteiger partial charge in [0.2, 0.25) is 23.6 Å². The van der Waals surface area contributed by atoms with Crippen LogP contribution in [0.3, 0.4) is 0 Å². The van der Waals surface area contributed by atoms with Gasteiger partial charge in [-0.05, 0) is 18.8 Å². The van der Waals surface area contributed by atoms with E-state index in [1.54, 1.807) is 0 Å². The van der Waals surface area contributed by atoms with E-state index in [-0.39, 0.29) is 29.5 Å². The molecular formula is C11H14N2O4. The molecule has 2 aliphatic heterocycles. The Hall–Kier alpha value is -1.72. The summed E-state index contributed by atoms with van der Waals surface area (Å²) in [6, 6.07) is 0. The second kappa shape index (κ2) is 3.94. The van der Waals surface area contributed by atoms with E-state index in [0.29, 0.717) is 12.8 Å². The van der Waals surface area contributed by atoms with E-state index in [1.807, 2.05) is 6.92 Å². The van der Waals surface area contributed by atoms with Gasteiger partial charge in [-0.1, -0.05) is 6.92 Å². The molecule has 1 N–H and O–H groups in total. The van der Waals surface area contributed by atoms with Crippen molar-refractivity contribution in [1.82, 2.24) is 10.2 Å². The van der Waals surface area contributed by atoms with Crippen molar-refractivity contribution < 1.29 is 19.2 Å². The molecule has 2 heterocycles. The number of carbonyl (C=O) groups is 4. The number of rotatable bonds is 4. The molecule has 0 unspecified atom stereocenters. The molecule has 2 rings (SSSR count). The molecule has 0 radical (unpaired) electrons.